The van der Waals surface area contributed by atoms with Gasteiger partial charge in [-0.2, -0.15) is 0 Å². The summed E-state index contributed by atoms with van der Waals surface area (Å²) in [5.41, 5.74) is 4.39. The van der Waals surface area contributed by atoms with E-state index in [1.54, 1.807) is 11.1 Å². The Hall–Kier alpha value is -0.600. The molecular formula is C32H52O2. The van der Waals surface area contributed by atoms with E-state index in [9.17, 15) is 0 Å². The van der Waals surface area contributed by atoms with Crippen LogP contribution >= 0.6 is 0 Å². The summed E-state index contributed by atoms with van der Waals surface area (Å²) in [4.78, 5) is 0. The summed E-state index contributed by atoms with van der Waals surface area (Å²) in [6.07, 6.45) is 22.7. The molecule has 0 bridgehead atoms. The maximum absolute atomic E-state index is 6.47. The zero-order valence-electron chi connectivity index (χ0n) is 22.9. The fourth-order valence-electron chi connectivity index (χ4n) is 9.31. The maximum Gasteiger partial charge on any atom is 0.157 e. The molecule has 2 heteroatoms. The number of rotatable bonds is 6. The molecule has 1 saturated heterocycles. The second-order valence-corrected chi connectivity index (χ2v) is 13.7. The lowest BCUT2D eigenvalue weighted by atomic mass is 9.47. The molecule has 1 aliphatic heterocycles. The molecule has 1 heterocycles. The molecule has 5 aliphatic rings. The van der Waals surface area contributed by atoms with Crippen LogP contribution in [0.2, 0.25) is 0 Å². The summed E-state index contributed by atoms with van der Waals surface area (Å²) < 4.78 is 12.4. The molecule has 8 atom stereocenters. The van der Waals surface area contributed by atoms with Gasteiger partial charge in [0.2, 0.25) is 0 Å². The van der Waals surface area contributed by atoms with Crippen LogP contribution in [0.4, 0.5) is 0 Å². The third-order valence-electron chi connectivity index (χ3n) is 11.3. The first-order valence-electron chi connectivity index (χ1n) is 14.9. The summed E-state index contributed by atoms with van der Waals surface area (Å²) in [6.45, 7) is 13.4. The van der Waals surface area contributed by atoms with E-state index in [1.165, 1.54) is 70.6 Å². The lowest BCUT2D eigenvalue weighted by Gasteiger charge is -2.58. The van der Waals surface area contributed by atoms with Gasteiger partial charge in [0, 0.05) is 6.61 Å². The van der Waals surface area contributed by atoms with Crippen molar-refractivity contribution in [1.82, 2.24) is 0 Å². The van der Waals surface area contributed by atoms with Gasteiger partial charge in [-0.15, -0.1) is 0 Å². The predicted molar refractivity (Wildman–Crippen MR) is 141 cm³/mol. The first kappa shape index (κ1) is 25.1. The van der Waals surface area contributed by atoms with Crippen molar-refractivity contribution in [1.29, 1.82) is 0 Å². The number of hydrogen-bond acceptors (Lipinski definition) is 2. The van der Waals surface area contributed by atoms with E-state index in [4.69, 9.17) is 9.47 Å². The van der Waals surface area contributed by atoms with Gasteiger partial charge in [0.05, 0.1) is 6.10 Å². The molecule has 0 radical (unpaired) electrons. The first-order chi connectivity index (χ1) is 16.3. The Labute approximate surface area is 210 Å². The van der Waals surface area contributed by atoms with Gasteiger partial charge in [0.25, 0.3) is 0 Å². The molecule has 34 heavy (non-hydrogen) atoms. The molecule has 0 spiro atoms. The van der Waals surface area contributed by atoms with Gasteiger partial charge >= 0.3 is 0 Å². The smallest absolute Gasteiger partial charge is 0.157 e. The standard InChI is InChI=1S/C32H52O2/c1-22(2)9-8-10-23(3)27-14-15-28-26-13-12-24-21-25(34-30-11-6-7-20-33-30)16-18-31(24,4)29(26)17-19-32(27,28)5/h10,12,22,25-30H,6-9,11,13-21H2,1-5H3/b23-10+/t25-,26-,27+,28-,29-,30?,31-,32+/m0/s1. The van der Waals surface area contributed by atoms with Gasteiger partial charge in [-0.05, 0) is 131 Å². The average Bonchev–Trinajstić information content (AvgIpc) is 3.17. The molecule has 4 aliphatic carbocycles. The van der Waals surface area contributed by atoms with E-state index in [2.05, 4.69) is 46.8 Å². The van der Waals surface area contributed by atoms with E-state index >= 15 is 0 Å². The Morgan fingerprint density at radius 1 is 1.09 bits per heavy atom. The number of allylic oxidation sites excluding steroid dienone is 3. The van der Waals surface area contributed by atoms with Crippen LogP contribution in [0.15, 0.2) is 23.3 Å². The van der Waals surface area contributed by atoms with Crippen molar-refractivity contribution >= 4 is 0 Å². The van der Waals surface area contributed by atoms with E-state index in [0.29, 0.717) is 16.9 Å². The van der Waals surface area contributed by atoms with Gasteiger partial charge < -0.3 is 9.47 Å². The highest BCUT2D eigenvalue weighted by Gasteiger charge is 2.58. The SMILES string of the molecule is C/C(=C\CCC(C)C)[C@H]1CC[C@H]2[C@@H]3CC=C4C[C@@H](OC5CCCCO5)CC[C@]4(C)[C@H]3CC[C@]12C. The van der Waals surface area contributed by atoms with E-state index in [-0.39, 0.29) is 6.29 Å². The molecule has 4 fully saturated rings. The summed E-state index contributed by atoms with van der Waals surface area (Å²) >= 11 is 0. The molecule has 2 nitrogen and oxygen atoms in total. The predicted octanol–water partition coefficient (Wildman–Crippen LogP) is 8.86. The second kappa shape index (κ2) is 10.0. The minimum atomic E-state index is 0.0580. The number of fused-ring (bicyclic) bond motifs is 5. The zero-order valence-corrected chi connectivity index (χ0v) is 22.9. The molecule has 0 N–H and O–H groups in total. The fourth-order valence-corrected chi connectivity index (χ4v) is 9.31. The topological polar surface area (TPSA) is 18.5 Å². The zero-order chi connectivity index (χ0) is 23.9. The van der Waals surface area contributed by atoms with Crippen LogP contribution in [0, 0.1) is 40.4 Å². The Morgan fingerprint density at radius 2 is 1.94 bits per heavy atom. The Bertz CT molecular complexity index is 774. The number of ether oxygens (including phenoxy) is 2. The minimum Gasteiger partial charge on any atom is -0.353 e. The Balaban J connectivity index is 1.27. The first-order valence-corrected chi connectivity index (χ1v) is 14.9. The largest absolute Gasteiger partial charge is 0.353 e. The molecule has 5 rings (SSSR count). The highest BCUT2D eigenvalue weighted by molar-refractivity contribution is 5.26. The van der Waals surface area contributed by atoms with Crippen molar-refractivity contribution in [3.05, 3.63) is 23.3 Å². The molecule has 0 aromatic carbocycles. The molecule has 1 unspecified atom stereocenters. The van der Waals surface area contributed by atoms with Gasteiger partial charge in [-0.1, -0.05) is 51.0 Å². The molecule has 0 amide bonds. The molecule has 3 saturated carbocycles. The van der Waals surface area contributed by atoms with Crippen LogP contribution in [0.5, 0.6) is 0 Å². The lowest BCUT2D eigenvalue weighted by Crippen LogP contribution is -2.50. The Morgan fingerprint density at radius 3 is 2.71 bits per heavy atom. The normalized spacial score (nSPS) is 44.9. The van der Waals surface area contributed by atoms with Crippen molar-refractivity contribution in [2.45, 2.75) is 130 Å². The summed E-state index contributed by atoms with van der Waals surface area (Å²) in [7, 11) is 0. The Kier molecular flexibility index (Phi) is 7.40. The molecule has 0 aromatic heterocycles. The molecular weight excluding hydrogens is 416 g/mol. The lowest BCUT2D eigenvalue weighted by molar-refractivity contribution is -0.195. The molecule has 0 aromatic rings. The highest BCUT2D eigenvalue weighted by Crippen LogP contribution is 2.67. The van der Waals surface area contributed by atoms with Crippen molar-refractivity contribution in [3.63, 3.8) is 0 Å². The van der Waals surface area contributed by atoms with Crippen LogP contribution in [0.1, 0.15) is 118 Å². The third-order valence-corrected chi connectivity index (χ3v) is 11.3. The second-order valence-electron chi connectivity index (χ2n) is 13.7. The van der Waals surface area contributed by atoms with Gasteiger partial charge in [0.15, 0.2) is 6.29 Å². The third kappa shape index (κ3) is 4.60. The summed E-state index contributed by atoms with van der Waals surface area (Å²) in [5, 5.41) is 0. The maximum atomic E-state index is 6.47. The quantitative estimate of drug-likeness (QED) is 0.362. The summed E-state index contributed by atoms with van der Waals surface area (Å²) in [5.74, 6) is 4.35. The van der Waals surface area contributed by atoms with Gasteiger partial charge in [-0.25, -0.2) is 0 Å². The van der Waals surface area contributed by atoms with Crippen molar-refractivity contribution in [3.8, 4) is 0 Å². The minimum absolute atomic E-state index is 0.0580. The van der Waals surface area contributed by atoms with Crippen molar-refractivity contribution in [2.75, 3.05) is 6.61 Å². The van der Waals surface area contributed by atoms with Crippen molar-refractivity contribution in [2.24, 2.45) is 40.4 Å². The van der Waals surface area contributed by atoms with E-state index < -0.39 is 0 Å². The van der Waals surface area contributed by atoms with Gasteiger partial charge in [-0.3, -0.25) is 0 Å². The molecule has 192 valence electrons. The van der Waals surface area contributed by atoms with Gasteiger partial charge in [0.1, 0.15) is 0 Å². The highest BCUT2D eigenvalue weighted by atomic mass is 16.7. The fraction of sp³-hybridized carbons (Fsp3) is 0.875. The van der Waals surface area contributed by atoms with Crippen LogP contribution < -0.4 is 0 Å². The number of hydrogen-bond donors (Lipinski definition) is 0. The van der Waals surface area contributed by atoms with Crippen LogP contribution in [-0.2, 0) is 9.47 Å². The average molecular weight is 469 g/mol. The monoisotopic (exact) mass is 468 g/mol. The van der Waals surface area contributed by atoms with Crippen LogP contribution in [0.3, 0.4) is 0 Å². The van der Waals surface area contributed by atoms with Crippen LogP contribution in [-0.4, -0.2) is 19.0 Å². The van der Waals surface area contributed by atoms with E-state index in [1.807, 2.05) is 0 Å². The summed E-state index contributed by atoms with van der Waals surface area (Å²) in [6, 6.07) is 0. The van der Waals surface area contributed by atoms with E-state index in [0.717, 1.165) is 49.0 Å². The van der Waals surface area contributed by atoms with Crippen molar-refractivity contribution < 1.29 is 9.47 Å². The van der Waals surface area contributed by atoms with Crippen LogP contribution in [0.25, 0.3) is 0 Å².